The van der Waals surface area contributed by atoms with Crippen LogP contribution in [0.15, 0.2) is 16.7 Å². The monoisotopic (exact) mass is 371 g/mol. The highest BCUT2D eigenvalue weighted by Crippen LogP contribution is 2.33. The third-order valence-electron chi connectivity index (χ3n) is 4.42. The van der Waals surface area contributed by atoms with E-state index in [1.165, 1.54) is 9.75 Å². The molecule has 3 rings (SSSR count). The summed E-state index contributed by atoms with van der Waals surface area (Å²) in [5.41, 5.74) is 3.55. The van der Waals surface area contributed by atoms with E-state index < -0.39 is 0 Å². The first-order chi connectivity index (χ1) is 12.3. The maximum Gasteiger partial charge on any atom is 0.259 e. The van der Waals surface area contributed by atoms with E-state index in [2.05, 4.69) is 43.9 Å². The van der Waals surface area contributed by atoms with Crippen LogP contribution in [0.25, 0.3) is 22.4 Å². The predicted octanol–water partition coefficient (Wildman–Crippen LogP) is 4.99. The standard InChI is InChI=1S/C20H25N3O2S/c1-7-23(10-11(2)3)20(24)16-9-17(15-8-12(4)26-14(15)6)21-19-18(16)13(5)22-25-19/h8-9,11H,7,10H2,1-6H3. The molecule has 3 aromatic heterocycles. The topological polar surface area (TPSA) is 59.2 Å². The molecule has 6 heteroatoms. The normalized spacial score (nSPS) is 11.5. The molecule has 3 aromatic rings. The Morgan fingerprint density at radius 2 is 2.00 bits per heavy atom. The molecule has 0 aliphatic heterocycles. The Labute approximate surface area is 158 Å². The number of fused-ring (bicyclic) bond motifs is 1. The van der Waals surface area contributed by atoms with Crippen LogP contribution in [0.2, 0.25) is 0 Å². The summed E-state index contributed by atoms with van der Waals surface area (Å²) in [4.78, 5) is 22.2. The van der Waals surface area contributed by atoms with Crippen molar-refractivity contribution in [3.05, 3.63) is 33.1 Å². The van der Waals surface area contributed by atoms with Gasteiger partial charge in [0.2, 0.25) is 0 Å². The summed E-state index contributed by atoms with van der Waals surface area (Å²) in [5.74, 6) is 0.409. The van der Waals surface area contributed by atoms with E-state index in [1.807, 2.05) is 24.8 Å². The van der Waals surface area contributed by atoms with Crippen molar-refractivity contribution in [3.63, 3.8) is 0 Å². The van der Waals surface area contributed by atoms with Crippen LogP contribution < -0.4 is 0 Å². The number of aryl methyl sites for hydroxylation is 3. The first-order valence-corrected chi connectivity index (χ1v) is 9.77. The molecule has 0 unspecified atom stereocenters. The average Bonchev–Trinajstić information content (AvgIpc) is 3.13. The van der Waals surface area contributed by atoms with Crippen molar-refractivity contribution in [2.75, 3.05) is 13.1 Å². The molecular weight excluding hydrogens is 346 g/mol. The van der Waals surface area contributed by atoms with Crippen LogP contribution in [0.1, 0.15) is 46.6 Å². The summed E-state index contributed by atoms with van der Waals surface area (Å²) < 4.78 is 5.41. The number of hydrogen-bond donors (Lipinski definition) is 0. The van der Waals surface area contributed by atoms with Gasteiger partial charge in [-0.25, -0.2) is 4.98 Å². The van der Waals surface area contributed by atoms with Gasteiger partial charge in [-0.3, -0.25) is 4.79 Å². The van der Waals surface area contributed by atoms with Crippen molar-refractivity contribution in [2.45, 2.75) is 41.5 Å². The molecule has 138 valence electrons. The van der Waals surface area contributed by atoms with Gasteiger partial charge in [0, 0.05) is 28.4 Å². The third-order valence-corrected chi connectivity index (χ3v) is 5.38. The minimum atomic E-state index is 0.00533. The number of rotatable bonds is 5. The maximum atomic E-state index is 13.3. The van der Waals surface area contributed by atoms with E-state index in [-0.39, 0.29) is 5.91 Å². The van der Waals surface area contributed by atoms with Gasteiger partial charge >= 0.3 is 0 Å². The van der Waals surface area contributed by atoms with E-state index in [0.29, 0.717) is 34.8 Å². The average molecular weight is 372 g/mol. The fraction of sp³-hybridized carbons (Fsp3) is 0.450. The Hall–Kier alpha value is -2.21. The summed E-state index contributed by atoms with van der Waals surface area (Å²) >= 11 is 1.73. The highest BCUT2D eigenvalue weighted by atomic mass is 32.1. The van der Waals surface area contributed by atoms with Gasteiger partial charge in [-0.2, -0.15) is 0 Å². The lowest BCUT2D eigenvalue weighted by Gasteiger charge is -2.23. The number of amides is 1. The summed E-state index contributed by atoms with van der Waals surface area (Å²) in [6, 6.07) is 4.00. The second kappa shape index (κ2) is 7.19. The van der Waals surface area contributed by atoms with Gasteiger partial charge in [-0.15, -0.1) is 11.3 Å². The summed E-state index contributed by atoms with van der Waals surface area (Å²) in [6.45, 7) is 13.6. The fourth-order valence-electron chi connectivity index (χ4n) is 3.25. The van der Waals surface area contributed by atoms with E-state index in [9.17, 15) is 4.79 Å². The summed E-state index contributed by atoms with van der Waals surface area (Å²) in [7, 11) is 0. The molecule has 0 N–H and O–H groups in total. The minimum Gasteiger partial charge on any atom is -0.339 e. The Kier molecular flexibility index (Phi) is 5.14. The first-order valence-electron chi connectivity index (χ1n) is 8.95. The Morgan fingerprint density at radius 1 is 1.27 bits per heavy atom. The second-order valence-corrected chi connectivity index (χ2v) is 8.53. The minimum absolute atomic E-state index is 0.00533. The van der Waals surface area contributed by atoms with Crippen molar-refractivity contribution in [2.24, 2.45) is 5.92 Å². The third kappa shape index (κ3) is 3.38. The quantitative estimate of drug-likeness (QED) is 0.633. The Morgan fingerprint density at radius 3 is 2.58 bits per heavy atom. The molecule has 0 spiro atoms. The lowest BCUT2D eigenvalue weighted by Crippen LogP contribution is -2.34. The largest absolute Gasteiger partial charge is 0.339 e. The van der Waals surface area contributed by atoms with E-state index >= 15 is 0 Å². The number of nitrogens with zero attached hydrogens (tertiary/aromatic N) is 3. The fourth-order valence-corrected chi connectivity index (χ4v) is 4.19. The zero-order chi connectivity index (χ0) is 19.0. The molecule has 3 heterocycles. The Balaban J connectivity index is 2.18. The second-order valence-electron chi connectivity index (χ2n) is 7.07. The van der Waals surface area contributed by atoms with Crippen LogP contribution in [0.5, 0.6) is 0 Å². The van der Waals surface area contributed by atoms with Gasteiger partial charge in [0.25, 0.3) is 11.6 Å². The molecule has 26 heavy (non-hydrogen) atoms. The van der Waals surface area contributed by atoms with E-state index in [4.69, 9.17) is 4.52 Å². The van der Waals surface area contributed by atoms with Crippen molar-refractivity contribution in [1.29, 1.82) is 0 Å². The maximum absolute atomic E-state index is 13.3. The molecule has 0 saturated carbocycles. The molecule has 0 aliphatic carbocycles. The molecule has 0 saturated heterocycles. The van der Waals surface area contributed by atoms with Crippen molar-refractivity contribution in [3.8, 4) is 11.3 Å². The van der Waals surface area contributed by atoms with Crippen LogP contribution in [-0.4, -0.2) is 34.0 Å². The highest BCUT2D eigenvalue weighted by Gasteiger charge is 2.24. The molecule has 1 amide bonds. The SMILES string of the molecule is CCN(CC(C)C)C(=O)c1cc(-c2cc(C)sc2C)nc2onc(C)c12. The number of aromatic nitrogens is 2. The molecule has 5 nitrogen and oxygen atoms in total. The van der Waals surface area contributed by atoms with Crippen molar-refractivity contribution >= 4 is 28.3 Å². The van der Waals surface area contributed by atoms with Gasteiger partial charge in [0.1, 0.15) is 0 Å². The van der Waals surface area contributed by atoms with Crippen molar-refractivity contribution < 1.29 is 9.32 Å². The highest BCUT2D eigenvalue weighted by molar-refractivity contribution is 7.12. The Bertz CT molecular complexity index is 956. The molecule has 0 aromatic carbocycles. The first kappa shape index (κ1) is 18.6. The van der Waals surface area contributed by atoms with E-state index in [0.717, 1.165) is 17.8 Å². The number of pyridine rings is 1. The van der Waals surface area contributed by atoms with Crippen molar-refractivity contribution in [1.82, 2.24) is 15.0 Å². The van der Waals surface area contributed by atoms with Gasteiger partial charge in [0.15, 0.2) is 0 Å². The molecule has 0 radical (unpaired) electrons. The predicted molar refractivity (Wildman–Crippen MR) is 106 cm³/mol. The molecular formula is C20H25N3O2S. The lowest BCUT2D eigenvalue weighted by molar-refractivity contribution is 0.0747. The number of thiophene rings is 1. The van der Waals surface area contributed by atoms with Gasteiger partial charge in [-0.05, 0) is 45.7 Å². The summed E-state index contributed by atoms with van der Waals surface area (Å²) in [5, 5.41) is 4.76. The molecule has 0 fully saturated rings. The van der Waals surface area contributed by atoms with Gasteiger partial charge in [0.05, 0.1) is 22.3 Å². The van der Waals surface area contributed by atoms with Gasteiger partial charge in [-0.1, -0.05) is 19.0 Å². The number of carbonyl (C=O) groups excluding carboxylic acids is 1. The van der Waals surface area contributed by atoms with Crippen LogP contribution in [-0.2, 0) is 0 Å². The smallest absolute Gasteiger partial charge is 0.259 e. The molecule has 0 atom stereocenters. The van der Waals surface area contributed by atoms with E-state index in [1.54, 1.807) is 11.3 Å². The van der Waals surface area contributed by atoms with Crippen LogP contribution in [0, 0.1) is 26.7 Å². The van der Waals surface area contributed by atoms with Crippen LogP contribution in [0.3, 0.4) is 0 Å². The van der Waals surface area contributed by atoms with Gasteiger partial charge < -0.3 is 9.42 Å². The van der Waals surface area contributed by atoms with Crippen LogP contribution in [0.4, 0.5) is 0 Å². The number of hydrogen-bond acceptors (Lipinski definition) is 5. The van der Waals surface area contributed by atoms with Crippen LogP contribution >= 0.6 is 11.3 Å². The lowest BCUT2D eigenvalue weighted by atomic mass is 10.0. The summed E-state index contributed by atoms with van der Waals surface area (Å²) in [6.07, 6.45) is 0. The number of carbonyl (C=O) groups is 1. The molecule has 0 aliphatic rings. The molecule has 0 bridgehead atoms. The zero-order valence-electron chi connectivity index (χ0n) is 16.2. The zero-order valence-corrected chi connectivity index (χ0v) is 17.0.